The Hall–Kier alpha value is -3.45. The maximum atomic E-state index is 13.3. The lowest BCUT2D eigenvalue weighted by Crippen LogP contribution is -2.20. The molecule has 0 saturated heterocycles. The first-order chi connectivity index (χ1) is 16.0. The van der Waals surface area contributed by atoms with E-state index in [4.69, 9.17) is 14.5 Å². The lowest BCUT2D eigenvalue weighted by molar-refractivity contribution is 0.207. The Balaban J connectivity index is 1.83. The second-order valence-corrected chi connectivity index (χ2v) is 8.40. The van der Waals surface area contributed by atoms with Gasteiger partial charge in [0.15, 0.2) is 17.3 Å². The third-order valence-corrected chi connectivity index (χ3v) is 5.97. The molecule has 0 unspecified atom stereocenters. The fraction of sp³-hybridized carbons (Fsp3) is 0.192. The van der Waals surface area contributed by atoms with E-state index in [-0.39, 0.29) is 11.7 Å². The third kappa shape index (κ3) is 4.83. The second kappa shape index (κ2) is 10.0. The van der Waals surface area contributed by atoms with E-state index in [1.807, 2.05) is 67.6 Å². The van der Waals surface area contributed by atoms with Gasteiger partial charge >= 0.3 is 0 Å². The minimum Gasteiger partial charge on any atom is -0.493 e. The molecular weight excluding hydrogens is 482 g/mol. The predicted octanol–water partition coefficient (Wildman–Crippen LogP) is 5.89. The van der Waals surface area contributed by atoms with Gasteiger partial charge in [0.25, 0.3) is 5.56 Å². The summed E-state index contributed by atoms with van der Waals surface area (Å²) in [4.78, 5) is 18.0. The highest BCUT2D eigenvalue weighted by molar-refractivity contribution is 9.10. The molecule has 1 aromatic heterocycles. The number of rotatable bonds is 7. The van der Waals surface area contributed by atoms with Gasteiger partial charge in [0.2, 0.25) is 0 Å². The molecule has 0 N–H and O–H groups in total. The molecule has 0 fully saturated rings. The summed E-state index contributed by atoms with van der Waals surface area (Å²) in [6, 6.07) is 20.5. The molecule has 4 rings (SSSR count). The van der Waals surface area contributed by atoms with E-state index < -0.39 is 0 Å². The molecule has 3 aromatic carbocycles. The van der Waals surface area contributed by atoms with Crippen molar-refractivity contribution in [1.29, 1.82) is 0 Å². The van der Waals surface area contributed by atoms with Crippen LogP contribution in [0, 0.1) is 0 Å². The zero-order valence-corrected chi connectivity index (χ0v) is 20.2. The lowest BCUT2D eigenvalue weighted by atomic mass is 10.2. The summed E-state index contributed by atoms with van der Waals surface area (Å²) in [5.41, 5.74) is 1.92. The van der Waals surface area contributed by atoms with Gasteiger partial charge in [-0.1, -0.05) is 49.4 Å². The highest BCUT2D eigenvalue weighted by atomic mass is 79.9. The zero-order valence-electron chi connectivity index (χ0n) is 18.7. The van der Waals surface area contributed by atoms with Crippen LogP contribution in [0.2, 0.25) is 0 Å². The molecule has 4 aromatic rings. The Morgan fingerprint density at radius 3 is 2.55 bits per heavy atom. The van der Waals surface area contributed by atoms with Crippen LogP contribution in [-0.2, 0) is 0 Å². The molecule has 0 amide bonds. The number of ether oxygens (including phenoxy) is 2. The number of fused-ring (bicyclic) bond motifs is 1. The van der Waals surface area contributed by atoms with E-state index in [0.717, 1.165) is 22.0 Å². The molecule has 0 spiro atoms. The molecule has 33 heavy (non-hydrogen) atoms. The van der Waals surface area contributed by atoms with Crippen molar-refractivity contribution in [3.05, 3.63) is 87.1 Å². The van der Waals surface area contributed by atoms with Crippen LogP contribution in [0.4, 0.5) is 0 Å². The van der Waals surface area contributed by atoms with Crippen molar-refractivity contribution >= 4 is 33.0 Å². The van der Waals surface area contributed by atoms with Gasteiger partial charge in [0.1, 0.15) is 0 Å². The summed E-state index contributed by atoms with van der Waals surface area (Å²) < 4.78 is 13.6. The Morgan fingerprint density at radius 2 is 1.82 bits per heavy atom. The van der Waals surface area contributed by atoms with Crippen LogP contribution >= 0.6 is 15.9 Å². The Morgan fingerprint density at radius 1 is 1.09 bits per heavy atom. The van der Waals surface area contributed by atoms with E-state index >= 15 is 0 Å². The molecule has 0 saturated carbocycles. The van der Waals surface area contributed by atoms with E-state index in [1.165, 1.54) is 4.68 Å². The Kier molecular flexibility index (Phi) is 6.89. The van der Waals surface area contributed by atoms with Gasteiger partial charge in [-0.05, 0) is 53.5 Å². The van der Waals surface area contributed by atoms with Crippen LogP contribution in [0.5, 0.6) is 11.5 Å². The molecule has 7 heteroatoms. The Bertz CT molecular complexity index is 1370. The van der Waals surface area contributed by atoms with Gasteiger partial charge in [-0.2, -0.15) is 9.78 Å². The molecule has 0 radical (unpaired) electrons. The monoisotopic (exact) mass is 505 g/mol. The zero-order chi connectivity index (χ0) is 23.4. The number of halogens is 1. The van der Waals surface area contributed by atoms with Crippen molar-refractivity contribution in [2.75, 3.05) is 7.11 Å². The first kappa shape index (κ1) is 22.7. The average Bonchev–Trinajstić information content (AvgIpc) is 2.84. The molecule has 1 atom stereocenters. The quantitative estimate of drug-likeness (QED) is 0.293. The summed E-state index contributed by atoms with van der Waals surface area (Å²) in [6.45, 7) is 4.07. The smallest absolute Gasteiger partial charge is 0.282 e. The van der Waals surface area contributed by atoms with Crippen LogP contribution in [0.25, 0.3) is 22.3 Å². The number of nitrogens with zero attached hydrogens (tertiary/aromatic N) is 3. The standard InChI is InChI=1S/C26H24BrN3O3/c1-4-17(2)33-24-15-21(27)19(14-23(24)32-3)16-28-30-25(18-10-6-5-7-11-18)29-22-13-9-8-12-20(22)26(30)31/h5-17H,4H2,1-3H3/t17-/m1/s1. The number of methoxy groups -OCH3 is 1. The SMILES string of the molecule is CC[C@@H](C)Oc1cc(Br)c(C=Nn2c(-c3ccccc3)nc3ccccc3c2=O)cc1OC. The fourth-order valence-corrected chi connectivity index (χ4v) is 3.75. The minimum absolute atomic E-state index is 0.0565. The molecule has 0 aliphatic heterocycles. The van der Waals surface area contributed by atoms with Gasteiger partial charge in [-0.15, -0.1) is 0 Å². The van der Waals surface area contributed by atoms with E-state index in [9.17, 15) is 4.79 Å². The summed E-state index contributed by atoms with van der Waals surface area (Å²) in [7, 11) is 1.60. The molecule has 168 valence electrons. The molecule has 0 bridgehead atoms. The van der Waals surface area contributed by atoms with Gasteiger partial charge in [0, 0.05) is 15.6 Å². The van der Waals surface area contributed by atoms with Crippen LogP contribution in [-0.4, -0.2) is 29.1 Å². The van der Waals surface area contributed by atoms with Crippen LogP contribution in [0.3, 0.4) is 0 Å². The minimum atomic E-state index is -0.240. The molecule has 6 nitrogen and oxygen atoms in total. The normalized spacial score (nSPS) is 12.2. The average molecular weight is 506 g/mol. The van der Waals surface area contributed by atoms with Crippen molar-refractivity contribution in [2.45, 2.75) is 26.4 Å². The van der Waals surface area contributed by atoms with Gasteiger partial charge in [-0.3, -0.25) is 4.79 Å². The summed E-state index contributed by atoms with van der Waals surface area (Å²) in [5, 5.41) is 5.04. The van der Waals surface area contributed by atoms with E-state index in [2.05, 4.69) is 28.0 Å². The van der Waals surface area contributed by atoms with Crippen LogP contribution in [0.1, 0.15) is 25.8 Å². The maximum absolute atomic E-state index is 13.3. The number of para-hydroxylation sites is 1. The van der Waals surface area contributed by atoms with Crippen molar-refractivity contribution in [3.63, 3.8) is 0 Å². The molecule has 0 aliphatic carbocycles. The first-order valence-electron chi connectivity index (χ1n) is 10.7. The maximum Gasteiger partial charge on any atom is 0.282 e. The van der Waals surface area contributed by atoms with Crippen molar-refractivity contribution in [3.8, 4) is 22.9 Å². The predicted molar refractivity (Wildman–Crippen MR) is 136 cm³/mol. The van der Waals surface area contributed by atoms with E-state index in [0.29, 0.717) is 28.2 Å². The number of aromatic nitrogens is 2. The Labute approximate surface area is 200 Å². The number of hydrogen-bond donors (Lipinski definition) is 0. The van der Waals surface area contributed by atoms with E-state index in [1.54, 1.807) is 19.4 Å². The molecular formula is C26H24BrN3O3. The second-order valence-electron chi connectivity index (χ2n) is 7.54. The summed E-state index contributed by atoms with van der Waals surface area (Å²) >= 11 is 3.59. The fourth-order valence-electron chi connectivity index (χ4n) is 3.33. The van der Waals surface area contributed by atoms with Crippen molar-refractivity contribution < 1.29 is 9.47 Å². The number of benzene rings is 3. The van der Waals surface area contributed by atoms with Crippen molar-refractivity contribution in [1.82, 2.24) is 9.66 Å². The first-order valence-corrected chi connectivity index (χ1v) is 11.5. The van der Waals surface area contributed by atoms with Crippen LogP contribution in [0.15, 0.2) is 81.1 Å². The highest BCUT2D eigenvalue weighted by Gasteiger charge is 2.14. The van der Waals surface area contributed by atoms with Gasteiger partial charge < -0.3 is 9.47 Å². The van der Waals surface area contributed by atoms with Crippen molar-refractivity contribution in [2.24, 2.45) is 5.10 Å². The van der Waals surface area contributed by atoms with Gasteiger partial charge in [-0.25, -0.2) is 4.98 Å². The molecule has 0 aliphatic rings. The third-order valence-electron chi connectivity index (χ3n) is 5.28. The summed E-state index contributed by atoms with van der Waals surface area (Å²) in [6.07, 6.45) is 2.55. The number of hydrogen-bond acceptors (Lipinski definition) is 5. The van der Waals surface area contributed by atoms with Crippen LogP contribution < -0.4 is 15.0 Å². The topological polar surface area (TPSA) is 65.7 Å². The molecule has 1 heterocycles. The van der Waals surface area contributed by atoms with Gasteiger partial charge in [0.05, 0.1) is 30.3 Å². The largest absolute Gasteiger partial charge is 0.493 e. The summed E-state index contributed by atoms with van der Waals surface area (Å²) in [5.74, 6) is 1.70. The lowest BCUT2D eigenvalue weighted by Gasteiger charge is -2.16. The highest BCUT2D eigenvalue weighted by Crippen LogP contribution is 2.34.